The van der Waals surface area contributed by atoms with Gasteiger partial charge in [-0.25, -0.2) is 4.79 Å². The van der Waals surface area contributed by atoms with Crippen molar-refractivity contribution in [2.45, 2.75) is 92.2 Å². The normalized spacial score (nSPS) is 45.5. The van der Waals surface area contributed by atoms with Gasteiger partial charge in [0.2, 0.25) is 11.6 Å². The quantitative estimate of drug-likeness (QED) is 0.101. The predicted molar refractivity (Wildman–Crippen MR) is 124 cm³/mol. The van der Waals surface area contributed by atoms with Crippen LogP contribution in [-0.2, 0) is 28.4 Å². The predicted octanol–water partition coefficient (Wildman–Crippen LogP) is -6.43. The molecule has 0 bridgehead atoms. The Kier molecular flexibility index (Phi) is 11.4. The smallest absolute Gasteiger partial charge is 0.407 e. The van der Waals surface area contributed by atoms with Gasteiger partial charge in [-0.15, -0.1) is 0 Å². The van der Waals surface area contributed by atoms with E-state index in [-0.39, 0.29) is 0 Å². The van der Waals surface area contributed by atoms with E-state index < -0.39 is 118 Å². The highest BCUT2D eigenvalue weighted by atomic mass is 16.8. The van der Waals surface area contributed by atoms with Gasteiger partial charge in [-0.1, -0.05) is 6.92 Å². The molecule has 0 aliphatic carbocycles. The minimum atomic E-state index is -2.56. The van der Waals surface area contributed by atoms with Crippen molar-refractivity contribution in [1.29, 1.82) is 0 Å². The second kappa shape index (κ2) is 13.8. The van der Waals surface area contributed by atoms with Crippen molar-refractivity contribution >= 4 is 6.09 Å². The van der Waals surface area contributed by atoms with Crippen molar-refractivity contribution in [2.75, 3.05) is 39.6 Å². The summed E-state index contributed by atoms with van der Waals surface area (Å²) in [5, 5.41) is 104. The van der Waals surface area contributed by atoms with Gasteiger partial charge in [-0.05, 0) is 6.42 Å². The molecule has 3 saturated heterocycles. The van der Waals surface area contributed by atoms with Gasteiger partial charge in [0.25, 0.3) is 0 Å². The van der Waals surface area contributed by atoms with E-state index in [4.69, 9.17) is 28.4 Å². The zero-order chi connectivity index (χ0) is 29.8. The summed E-state index contributed by atoms with van der Waals surface area (Å²) in [6, 6.07) is 0. The maximum atomic E-state index is 11.9. The maximum Gasteiger partial charge on any atom is 0.407 e. The van der Waals surface area contributed by atoms with Crippen molar-refractivity contribution < 1.29 is 84.3 Å². The van der Waals surface area contributed by atoms with Crippen molar-refractivity contribution in [3.05, 3.63) is 0 Å². The Bertz CT molecular complexity index is 822. The number of nitrogens with one attached hydrogen (secondary N) is 1. The van der Waals surface area contributed by atoms with Crippen molar-refractivity contribution in [3.8, 4) is 0 Å². The summed E-state index contributed by atoms with van der Waals surface area (Å²) in [5.74, 6) is -4.95. The second-order valence-electron chi connectivity index (χ2n) is 9.78. The van der Waals surface area contributed by atoms with E-state index in [1.165, 1.54) is 0 Å². The van der Waals surface area contributed by atoms with E-state index in [0.29, 0.717) is 13.0 Å². The summed E-state index contributed by atoms with van der Waals surface area (Å²) in [4.78, 5) is 11.9. The number of amides is 1. The third-order valence-corrected chi connectivity index (χ3v) is 6.99. The molecule has 18 heteroatoms. The Balaban J connectivity index is 1.87. The van der Waals surface area contributed by atoms with Gasteiger partial charge >= 0.3 is 6.09 Å². The van der Waals surface area contributed by atoms with Crippen LogP contribution in [0, 0.1) is 0 Å². The van der Waals surface area contributed by atoms with Gasteiger partial charge in [0.1, 0.15) is 80.9 Å². The fourth-order valence-corrected chi connectivity index (χ4v) is 4.56. The first kappa shape index (κ1) is 33.2. The highest BCUT2D eigenvalue weighted by molar-refractivity contribution is 5.67. The molecular formula is C22H39NO17. The van der Waals surface area contributed by atoms with Crippen molar-refractivity contribution in [2.24, 2.45) is 0 Å². The first-order valence-electron chi connectivity index (χ1n) is 12.7. The van der Waals surface area contributed by atoms with Crippen molar-refractivity contribution in [1.82, 2.24) is 5.32 Å². The summed E-state index contributed by atoms with van der Waals surface area (Å²) < 4.78 is 32.5. The molecule has 1 amide bonds. The fraction of sp³-hybridized carbons (Fsp3) is 0.955. The Morgan fingerprint density at radius 3 is 1.98 bits per heavy atom. The van der Waals surface area contributed by atoms with E-state index in [1.807, 2.05) is 0 Å². The Morgan fingerprint density at radius 1 is 0.800 bits per heavy atom. The molecule has 13 atom stereocenters. The lowest BCUT2D eigenvalue weighted by Crippen LogP contribution is -2.63. The molecule has 3 fully saturated rings. The highest BCUT2D eigenvalue weighted by Gasteiger charge is 2.62. The molecule has 4 unspecified atom stereocenters. The first-order chi connectivity index (χ1) is 18.9. The molecule has 234 valence electrons. The Morgan fingerprint density at radius 2 is 1.40 bits per heavy atom. The van der Waals surface area contributed by atoms with Gasteiger partial charge in [0.05, 0.1) is 13.2 Å². The van der Waals surface area contributed by atoms with Gasteiger partial charge in [0.15, 0.2) is 6.29 Å². The molecular weight excluding hydrogens is 550 g/mol. The topological polar surface area (TPSA) is 287 Å². The monoisotopic (exact) mass is 589 g/mol. The number of alkyl carbamates (subject to hydrolysis) is 1. The van der Waals surface area contributed by atoms with Crippen LogP contribution < -0.4 is 5.32 Å². The number of rotatable bonds is 12. The van der Waals surface area contributed by atoms with Crippen LogP contribution >= 0.6 is 0 Å². The van der Waals surface area contributed by atoms with Gasteiger partial charge in [-0.3, -0.25) is 0 Å². The molecule has 3 aliphatic rings. The summed E-state index contributed by atoms with van der Waals surface area (Å²) >= 11 is 0. The molecule has 0 aromatic heterocycles. The zero-order valence-electron chi connectivity index (χ0n) is 21.6. The minimum absolute atomic E-state index is 0.291. The summed E-state index contributed by atoms with van der Waals surface area (Å²) in [7, 11) is 0. The molecule has 0 aromatic rings. The molecule has 40 heavy (non-hydrogen) atoms. The van der Waals surface area contributed by atoms with Crippen LogP contribution in [0.3, 0.4) is 0 Å². The van der Waals surface area contributed by atoms with Gasteiger partial charge in [0, 0.05) is 6.54 Å². The summed E-state index contributed by atoms with van der Waals surface area (Å²) in [5.41, 5.74) is 0. The van der Waals surface area contributed by atoms with E-state index in [1.54, 1.807) is 6.92 Å². The standard InChI is InChI=1S/C22H39NO17/c1-2-3-23-20(34)35-6-11-14(29)18(33)22(39-11,40-19-16(31)15(30)12(27)9(4-24)37-19)8-36-21(7-26)17(32)13(28)10(5-25)38-21/h9-19,24-33H,2-8H2,1H3,(H,23,34)/t9?,10-,11-,12-,13?,14?,15?,16+,17+,18+,19+,21-,22+/m1/s1. The zero-order valence-corrected chi connectivity index (χ0v) is 21.6. The number of hydrogen-bond acceptors (Lipinski definition) is 17. The number of carbonyl (C=O) groups excluding carboxylic acids is 1. The van der Waals surface area contributed by atoms with Crippen LogP contribution in [0.5, 0.6) is 0 Å². The van der Waals surface area contributed by atoms with Crippen LogP contribution in [0.2, 0.25) is 0 Å². The third-order valence-electron chi connectivity index (χ3n) is 6.99. The number of hydrogen-bond donors (Lipinski definition) is 11. The molecule has 11 N–H and O–H groups in total. The van der Waals surface area contributed by atoms with Crippen molar-refractivity contribution in [3.63, 3.8) is 0 Å². The van der Waals surface area contributed by atoms with Crippen LogP contribution in [0.15, 0.2) is 0 Å². The first-order valence-corrected chi connectivity index (χ1v) is 12.7. The maximum absolute atomic E-state index is 11.9. The Labute approximate surface area is 228 Å². The number of aliphatic hydroxyl groups excluding tert-OH is 10. The summed E-state index contributed by atoms with van der Waals surface area (Å²) in [6.45, 7) is -2.23. The average Bonchev–Trinajstić information content (AvgIpc) is 3.34. The van der Waals surface area contributed by atoms with Gasteiger partial charge < -0.3 is 84.8 Å². The Hall–Kier alpha value is -1.33. The van der Waals surface area contributed by atoms with Crippen LogP contribution in [-0.4, -0.2) is 176 Å². The lowest BCUT2D eigenvalue weighted by Gasteiger charge is -2.44. The van der Waals surface area contributed by atoms with E-state index in [2.05, 4.69) is 5.32 Å². The molecule has 0 saturated carbocycles. The third kappa shape index (κ3) is 6.51. The van der Waals surface area contributed by atoms with Gasteiger partial charge in [-0.2, -0.15) is 0 Å². The lowest BCUT2D eigenvalue weighted by molar-refractivity contribution is -0.399. The van der Waals surface area contributed by atoms with Crippen LogP contribution in [0.4, 0.5) is 4.79 Å². The molecule has 18 nitrogen and oxygen atoms in total. The van der Waals surface area contributed by atoms with Crippen LogP contribution in [0.1, 0.15) is 13.3 Å². The second-order valence-corrected chi connectivity index (χ2v) is 9.78. The molecule has 3 aliphatic heterocycles. The fourth-order valence-electron chi connectivity index (χ4n) is 4.56. The minimum Gasteiger partial charge on any atom is -0.447 e. The number of ether oxygens (including phenoxy) is 6. The van der Waals surface area contributed by atoms with E-state index in [0.717, 1.165) is 0 Å². The van der Waals surface area contributed by atoms with E-state index in [9.17, 15) is 55.9 Å². The molecule has 0 spiro atoms. The largest absolute Gasteiger partial charge is 0.447 e. The SMILES string of the molecule is CCCNC(=O)OC[C@H]1O[C@@](CO[C@]2(CO)O[C@H](CO)C(O)[C@@H]2O)(O[C@@H]2OC(CO)[C@@H](O)C(O)[C@@H]2O)[C@@H](O)C1O. The lowest BCUT2D eigenvalue weighted by atomic mass is 9.99. The van der Waals surface area contributed by atoms with Crippen LogP contribution in [0.25, 0.3) is 0 Å². The number of carbonyl (C=O) groups is 1. The molecule has 3 rings (SSSR count). The summed E-state index contributed by atoms with van der Waals surface area (Å²) in [6.07, 6.45) is -19.7. The average molecular weight is 590 g/mol. The van der Waals surface area contributed by atoms with E-state index >= 15 is 0 Å². The molecule has 3 heterocycles. The molecule has 0 radical (unpaired) electrons. The number of aliphatic hydroxyl groups is 10. The molecule has 0 aromatic carbocycles. The highest BCUT2D eigenvalue weighted by Crippen LogP contribution is 2.40.